The maximum atomic E-state index is 14.5. The van der Waals surface area contributed by atoms with Gasteiger partial charge in [-0.05, 0) is 61.4 Å². The van der Waals surface area contributed by atoms with E-state index in [0.29, 0.717) is 5.56 Å². The van der Waals surface area contributed by atoms with Crippen LogP contribution >= 0.6 is 11.6 Å². The predicted octanol–water partition coefficient (Wildman–Crippen LogP) is 2.94. The summed E-state index contributed by atoms with van der Waals surface area (Å²) in [7, 11) is 0. The molecule has 0 fully saturated rings. The van der Waals surface area contributed by atoms with Gasteiger partial charge < -0.3 is 10.6 Å². The largest absolute Gasteiger partial charge is 0.425 e. The Morgan fingerprint density at radius 2 is 1.68 bits per heavy atom. The number of anilines is 1. The van der Waals surface area contributed by atoms with Gasteiger partial charge in [-0.3, -0.25) is 19.4 Å². The van der Waals surface area contributed by atoms with E-state index >= 15 is 0 Å². The van der Waals surface area contributed by atoms with Gasteiger partial charge in [0.2, 0.25) is 0 Å². The molecule has 2 aromatic carbocycles. The number of aromatic nitrogens is 2. The molecule has 3 N–H and O–H groups in total. The van der Waals surface area contributed by atoms with E-state index in [1.165, 1.54) is 24.3 Å². The van der Waals surface area contributed by atoms with E-state index < -0.39 is 46.2 Å². The van der Waals surface area contributed by atoms with Crippen molar-refractivity contribution in [3.63, 3.8) is 0 Å². The number of carbonyl (C=O) groups excluding carboxylic acids is 2. The summed E-state index contributed by atoms with van der Waals surface area (Å²) < 4.78 is 44.2. The number of aromatic amines is 1. The molecule has 2 amide bonds. The highest BCUT2D eigenvalue weighted by atomic mass is 35.5. The molecule has 0 spiro atoms. The number of H-pyrrole nitrogens is 1. The maximum Gasteiger partial charge on any atom is 0.425 e. The van der Waals surface area contributed by atoms with Crippen LogP contribution in [0.1, 0.15) is 27.0 Å². The molecule has 1 aliphatic rings. The Balaban J connectivity index is 1.97. The standard InChI is InChI=1S/C22H16ClF3N4O4/c1-10-3-8-14(9-11(10)2)30-16-15(18(32)28-20(30)34)21(19(33)27-16,22(24,25)26)29-17(31)12-4-6-13(23)7-5-12/h3-9H,1-2H3,(H,27,33)(H,29,31)(H,28,32,34). The number of hydrogen-bond donors (Lipinski definition) is 3. The van der Waals surface area contributed by atoms with Gasteiger partial charge in [0, 0.05) is 10.6 Å². The number of carbonyl (C=O) groups is 2. The fraction of sp³-hybridized carbons (Fsp3) is 0.182. The van der Waals surface area contributed by atoms with E-state index in [9.17, 15) is 32.3 Å². The minimum Gasteiger partial charge on any atom is -0.326 e. The van der Waals surface area contributed by atoms with Crippen molar-refractivity contribution in [2.24, 2.45) is 0 Å². The summed E-state index contributed by atoms with van der Waals surface area (Å²) in [6.45, 7) is 3.52. The second-order valence-electron chi connectivity index (χ2n) is 7.75. The lowest BCUT2D eigenvalue weighted by molar-refractivity contribution is -0.196. The molecule has 8 nitrogen and oxygen atoms in total. The molecule has 1 atom stereocenters. The van der Waals surface area contributed by atoms with E-state index in [1.807, 2.05) is 10.3 Å². The molecule has 0 aliphatic carbocycles. The maximum absolute atomic E-state index is 14.5. The molecule has 0 saturated carbocycles. The van der Waals surface area contributed by atoms with E-state index in [4.69, 9.17) is 11.6 Å². The lowest BCUT2D eigenvalue weighted by Crippen LogP contribution is -2.62. The molecular formula is C22H16ClF3N4O4. The molecule has 3 aromatic rings. The number of aryl methyl sites for hydroxylation is 2. The van der Waals surface area contributed by atoms with E-state index in [0.717, 1.165) is 22.3 Å². The molecular weight excluding hydrogens is 477 g/mol. The van der Waals surface area contributed by atoms with Crippen molar-refractivity contribution in [1.29, 1.82) is 0 Å². The van der Waals surface area contributed by atoms with Crippen molar-refractivity contribution in [1.82, 2.24) is 14.9 Å². The first-order valence-corrected chi connectivity index (χ1v) is 10.2. The molecule has 176 valence electrons. The van der Waals surface area contributed by atoms with Gasteiger partial charge in [0.25, 0.3) is 22.9 Å². The average Bonchev–Trinajstić information content (AvgIpc) is 3.04. The third kappa shape index (κ3) is 3.48. The minimum absolute atomic E-state index is 0.114. The van der Waals surface area contributed by atoms with E-state index in [1.54, 1.807) is 25.2 Å². The highest BCUT2D eigenvalue weighted by Gasteiger charge is 2.68. The predicted molar refractivity (Wildman–Crippen MR) is 117 cm³/mol. The minimum atomic E-state index is -5.44. The monoisotopic (exact) mass is 492 g/mol. The Morgan fingerprint density at radius 3 is 2.26 bits per heavy atom. The number of fused-ring (bicyclic) bond motifs is 1. The SMILES string of the molecule is Cc1ccc(-n2c3c(c(=O)[nH]c2=O)C(NC(=O)c2ccc(Cl)cc2)(C(F)(F)F)C(=O)N3)cc1C. The van der Waals surface area contributed by atoms with Crippen molar-refractivity contribution < 1.29 is 22.8 Å². The summed E-state index contributed by atoms with van der Waals surface area (Å²) in [5.74, 6) is -3.69. The number of benzene rings is 2. The normalized spacial score (nSPS) is 17.3. The Hall–Kier alpha value is -3.86. The van der Waals surface area contributed by atoms with Gasteiger partial charge in [0.05, 0.1) is 5.69 Å². The highest BCUT2D eigenvalue weighted by molar-refractivity contribution is 6.30. The second kappa shape index (κ2) is 7.87. The van der Waals surface area contributed by atoms with Gasteiger partial charge in [-0.1, -0.05) is 17.7 Å². The third-order valence-corrected chi connectivity index (χ3v) is 5.89. The van der Waals surface area contributed by atoms with Gasteiger partial charge in [0.15, 0.2) is 0 Å². The third-order valence-electron chi connectivity index (χ3n) is 5.64. The van der Waals surface area contributed by atoms with Crippen LogP contribution in [-0.4, -0.2) is 27.5 Å². The number of halogens is 4. The summed E-state index contributed by atoms with van der Waals surface area (Å²) in [4.78, 5) is 52.7. The fourth-order valence-electron chi connectivity index (χ4n) is 3.73. The van der Waals surface area contributed by atoms with Crippen molar-refractivity contribution >= 4 is 29.2 Å². The van der Waals surface area contributed by atoms with Gasteiger partial charge in [-0.2, -0.15) is 13.2 Å². The molecule has 0 saturated heterocycles. The average molecular weight is 493 g/mol. The molecule has 34 heavy (non-hydrogen) atoms. The Kier molecular flexibility index (Phi) is 5.40. The lowest BCUT2D eigenvalue weighted by Gasteiger charge is -2.30. The molecule has 12 heteroatoms. The van der Waals surface area contributed by atoms with Gasteiger partial charge in [-0.15, -0.1) is 0 Å². The Bertz CT molecular complexity index is 1460. The van der Waals surface area contributed by atoms with E-state index in [2.05, 4.69) is 0 Å². The van der Waals surface area contributed by atoms with Gasteiger partial charge in [-0.25, -0.2) is 9.36 Å². The number of nitrogens with zero attached hydrogens (tertiary/aromatic N) is 1. The lowest BCUT2D eigenvalue weighted by atomic mass is 9.91. The molecule has 1 unspecified atom stereocenters. The highest BCUT2D eigenvalue weighted by Crippen LogP contribution is 2.45. The zero-order chi connectivity index (χ0) is 25.0. The molecule has 4 rings (SSSR count). The van der Waals surface area contributed by atoms with Crippen LogP contribution in [0, 0.1) is 13.8 Å². The van der Waals surface area contributed by atoms with Gasteiger partial charge in [0.1, 0.15) is 11.4 Å². The first-order valence-electron chi connectivity index (χ1n) is 9.80. The van der Waals surface area contributed by atoms with Crippen molar-refractivity contribution in [2.45, 2.75) is 25.6 Å². The molecule has 0 bridgehead atoms. The smallest absolute Gasteiger partial charge is 0.326 e. The fourth-order valence-corrected chi connectivity index (χ4v) is 3.86. The van der Waals surface area contributed by atoms with Crippen LogP contribution in [0.25, 0.3) is 5.69 Å². The topological polar surface area (TPSA) is 113 Å². The van der Waals surface area contributed by atoms with Crippen molar-refractivity contribution in [3.8, 4) is 5.69 Å². The summed E-state index contributed by atoms with van der Waals surface area (Å²) in [6, 6.07) is 9.49. The first-order chi connectivity index (χ1) is 15.9. The number of hydrogen-bond acceptors (Lipinski definition) is 4. The number of nitrogens with one attached hydrogen (secondary N) is 3. The molecule has 1 aromatic heterocycles. The number of amides is 2. The summed E-state index contributed by atoms with van der Waals surface area (Å²) in [6.07, 6.45) is -5.44. The Labute approximate surface area is 194 Å². The van der Waals surface area contributed by atoms with Crippen LogP contribution in [0.4, 0.5) is 19.0 Å². The summed E-state index contributed by atoms with van der Waals surface area (Å²) in [5.41, 5.74) is -5.97. The van der Waals surface area contributed by atoms with Crippen LogP contribution in [0.3, 0.4) is 0 Å². The number of rotatable bonds is 3. The van der Waals surface area contributed by atoms with Crippen LogP contribution in [0.15, 0.2) is 52.1 Å². The molecule has 0 radical (unpaired) electrons. The van der Waals surface area contributed by atoms with Crippen LogP contribution < -0.4 is 21.9 Å². The zero-order valence-corrected chi connectivity index (χ0v) is 18.4. The van der Waals surface area contributed by atoms with E-state index in [-0.39, 0.29) is 16.3 Å². The van der Waals surface area contributed by atoms with Gasteiger partial charge >= 0.3 is 11.9 Å². The first kappa shape index (κ1) is 23.3. The van der Waals surface area contributed by atoms with Crippen LogP contribution in [0.2, 0.25) is 5.02 Å². The number of alkyl halides is 3. The zero-order valence-electron chi connectivity index (χ0n) is 17.6. The summed E-state index contributed by atoms with van der Waals surface area (Å²) in [5, 5.41) is 3.91. The van der Waals surface area contributed by atoms with Crippen molar-refractivity contribution in [3.05, 3.63) is 90.6 Å². The Morgan fingerprint density at radius 1 is 1.03 bits per heavy atom. The quantitative estimate of drug-likeness (QED) is 0.521. The summed E-state index contributed by atoms with van der Waals surface area (Å²) >= 11 is 5.76. The molecule has 2 heterocycles. The van der Waals surface area contributed by atoms with Crippen molar-refractivity contribution in [2.75, 3.05) is 5.32 Å². The molecule has 1 aliphatic heterocycles. The second-order valence-corrected chi connectivity index (χ2v) is 8.19. The van der Waals surface area contributed by atoms with Crippen LogP contribution in [0.5, 0.6) is 0 Å². The van der Waals surface area contributed by atoms with Crippen LogP contribution in [-0.2, 0) is 10.3 Å².